The Balaban J connectivity index is 1.61. The van der Waals surface area contributed by atoms with Crippen molar-refractivity contribution in [3.05, 3.63) is 23.3 Å². The molecular formula is C16H23N7O. The van der Waals surface area contributed by atoms with Gasteiger partial charge in [-0.05, 0) is 47.0 Å². The van der Waals surface area contributed by atoms with Crippen molar-refractivity contribution in [2.24, 2.45) is 0 Å². The number of nitrogens with zero attached hydrogens (tertiary/aromatic N) is 6. The predicted octanol–water partition coefficient (Wildman–Crippen LogP) is 1.62. The van der Waals surface area contributed by atoms with Gasteiger partial charge < -0.3 is 4.90 Å². The van der Waals surface area contributed by atoms with Crippen molar-refractivity contribution in [1.29, 1.82) is 0 Å². The topological polar surface area (TPSA) is 92.6 Å². The first-order valence-electron chi connectivity index (χ1n) is 8.45. The van der Waals surface area contributed by atoms with Crippen molar-refractivity contribution in [2.45, 2.75) is 64.0 Å². The highest BCUT2D eigenvalue weighted by Crippen LogP contribution is 2.57. The van der Waals surface area contributed by atoms with Gasteiger partial charge >= 0.3 is 0 Å². The number of aromatic amines is 1. The van der Waals surface area contributed by atoms with E-state index in [-0.39, 0.29) is 22.9 Å². The van der Waals surface area contributed by atoms with Gasteiger partial charge in [0.15, 0.2) is 5.69 Å². The highest BCUT2D eigenvalue weighted by Gasteiger charge is 2.60. The maximum atomic E-state index is 12.9. The van der Waals surface area contributed by atoms with Crippen LogP contribution in [0.4, 0.5) is 0 Å². The van der Waals surface area contributed by atoms with E-state index in [1.807, 2.05) is 15.8 Å². The van der Waals surface area contributed by atoms with Crippen molar-refractivity contribution in [1.82, 2.24) is 35.3 Å². The van der Waals surface area contributed by atoms with Crippen LogP contribution < -0.4 is 0 Å². The second kappa shape index (κ2) is 4.87. The summed E-state index contributed by atoms with van der Waals surface area (Å²) < 4.78 is 1.91. The molecule has 1 saturated heterocycles. The van der Waals surface area contributed by atoms with Crippen LogP contribution in [0.15, 0.2) is 6.20 Å². The molecule has 1 amide bonds. The molecule has 2 aliphatic rings. The van der Waals surface area contributed by atoms with Crippen LogP contribution >= 0.6 is 0 Å². The summed E-state index contributed by atoms with van der Waals surface area (Å²) >= 11 is 0. The summed E-state index contributed by atoms with van der Waals surface area (Å²) in [4.78, 5) is 14.9. The lowest BCUT2D eigenvalue weighted by Crippen LogP contribution is -2.40. The van der Waals surface area contributed by atoms with E-state index in [2.05, 4.69) is 46.5 Å². The molecule has 0 aromatic carbocycles. The van der Waals surface area contributed by atoms with E-state index in [4.69, 9.17) is 0 Å². The number of carbonyl (C=O) groups excluding carboxylic acids is 1. The van der Waals surface area contributed by atoms with E-state index in [1.54, 1.807) is 6.92 Å². The van der Waals surface area contributed by atoms with Crippen LogP contribution in [-0.2, 0) is 5.54 Å². The van der Waals surface area contributed by atoms with Gasteiger partial charge in [-0.2, -0.15) is 15.4 Å². The number of H-pyrrole nitrogens is 1. The molecule has 0 bridgehead atoms. The molecule has 2 aromatic heterocycles. The standard InChI is InChI=1S/C16H23N7O/c1-10-13(19-20-17-10)14(24)22-8-5-11(16(22)6-7-16)12-9-23(21-18-12)15(2,3)4/h9,11H,5-8H2,1-4H3,(H,17,19,20). The molecule has 1 saturated carbocycles. The molecule has 3 heterocycles. The van der Waals surface area contributed by atoms with E-state index in [1.165, 1.54) is 0 Å². The molecule has 128 valence electrons. The quantitative estimate of drug-likeness (QED) is 0.904. The highest BCUT2D eigenvalue weighted by molar-refractivity contribution is 5.94. The number of rotatable bonds is 2. The van der Waals surface area contributed by atoms with Crippen molar-refractivity contribution < 1.29 is 4.79 Å². The Morgan fingerprint density at radius 3 is 2.62 bits per heavy atom. The Kier molecular flexibility index (Phi) is 3.10. The minimum atomic E-state index is -0.110. The van der Waals surface area contributed by atoms with Crippen molar-refractivity contribution >= 4 is 5.91 Å². The molecule has 1 aliphatic heterocycles. The molecule has 2 fully saturated rings. The summed E-state index contributed by atoms with van der Waals surface area (Å²) in [7, 11) is 0. The average molecular weight is 329 g/mol. The van der Waals surface area contributed by atoms with Crippen LogP contribution in [0.25, 0.3) is 0 Å². The Bertz CT molecular complexity index is 780. The average Bonchev–Trinajstić information content (AvgIpc) is 2.89. The summed E-state index contributed by atoms with van der Waals surface area (Å²) in [6, 6.07) is 0. The smallest absolute Gasteiger partial charge is 0.276 e. The Morgan fingerprint density at radius 2 is 2.08 bits per heavy atom. The SMILES string of the molecule is Cc1n[nH]nc1C(=O)N1CCC(c2cn(C(C)(C)C)nn2)C12CC2. The lowest BCUT2D eigenvalue weighted by molar-refractivity contribution is 0.0702. The van der Waals surface area contributed by atoms with Gasteiger partial charge in [-0.15, -0.1) is 5.10 Å². The zero-order valence-corrected chi connectivity index (χ0v) is 14.6. The molecule has 8 nitrogen and oxygen atoms in total. The maximum absolute atomic E-state index is 12.9. The van der Waals surface area contributed by atoms with Gasteiger partial charge in [-0.25, -0.2) is 4.68 Å². The number of likely N-dealkylation sites (tertiary alicyclic amines) is 1. The predicted molar refractivity (Wildman–Crippen MR) is 86.5 cm³/mol. The summed E-state index contributed by atoms with van der Waals surface area (Å²) in [5, 5.41) is 19.3. The summed E-state index contributed by atoms with van der Waals surface area (Å²) in [6.45, 7) is 8.86. The number of hydrogen-bond acceptors (Lipinski definition) is 5. The lowest BCUT2D eigenvalue weighted by atomic mass is 9.94. The number of aromatic nitrogens is 6. The van der Waals surface area contributed by atoms with Gasteiger partial charge in [0.05, 0.1) is 22.5 Å². The molecule has 8 heteroatoms. The van der Waals surface area contributed by atoms with Crippen LogP contribution in [0, 0.1) is 6.92 Å². The van der Waals surface area contributed by atoms with Crippen molar-refractivity contribution in [3.8, 4) is 0 Å². The molecular weight excluding hydrogens is 306 g/mol. The fraction of sp³-hybridized carbons (Fsp3) is 0.688. The first kappa shape index (κ1) is 15.3. The molecule has 1 unspecified atom stereocenters. The van der Waals surface area contributed by atoms with E-state index >= 15 is 0 Å². The summed E-state index contributed by atoms with van der Waals surface area (Å²) in [6.07, 6.45) is 5.00. The Hall–Kier alpha value is -2.25. The molecule has 1 N–H and O–H groups in total. The second-order valence-corrected chi connectivity index (χ2v) is 7.92. The lowest BCUT2D eigenvalue weighted by Gasteiger charge is -2.27. The normalized spacial score (nSPS) is 22.3. The van der Waals surface area contributed by atoms with Gasteiger partial charge in [0, 0.05) is 18.7 Å². The van der Waals surface area contributed by atoms with Crippen LogP contribution in [-0.4, -0.2) is 53.3 Å². The first-order chi connectivity index (χ1) is 11.3. The summed E-state index contributed by atoms with van der Waals surface area (Å²) in [5.74, 6) is 0.231. The Morgan fingerprint density at radius 1 is 1.33 bits per heavy atom. The van der Waals surface area contributed by atoms with Gasteiger partial charge in [0.2, 0.25) is 0 Å². The number of amides is 1. The molecule has 1 spiro atoms. The second-order valence-electron chi connectivity index (χ2n) is 7.92. The molecule has 24 heavy (non-hydrogen) atoms. The monoisotopic (exact) mass is 329 g/mol. The third-order valence-electron chi connectivity index (χ3n) is 5.32. The molecule has 2 aromatic rings. The van der Waals surface area contributed by atoms with Crippen LogP contribution in [0.5, 0.6) is 0 Å². The number of aryl methyl sites for hydroxylation is 1. The zero-order valence-electron chi connectivity index (χ0n) is 14.6. The van der Waals surface area contributed by atoms with Gasteiger partial charge in [0.1, 0.15) is 0 Å². The third kappa shape index (κ3) is 2.16. The van der Waals surface area contributed by atoms with E-state index < -0.39 is 0 Å². The van der Waals surface area contributed by atoms with Crippen LogP contribution in [0.1, 0.15) is 67.8 Å². The largest absolute Gasteiger partial charge is 0.331 e. The minimum Gasteiger partial charge on any atom is -0.331 e. The minimum absolute atomic E-state index is 0.0236. The zero-order chi connectivity index (χ0) is 17.1. The maximum Gasteiger partial charge on any atom is 0.276 e. The molecule has 4 rings (SSSR count). The molecule has 0 radical (unpaired) electrons. The van der Waals surface area contributed by atoms with Crippen LogP contribution in [0.3, 0.4) is 0 Å². The Labute approximate surface area is 140 Å². The van der Waals surface area contributed by atoms with Gasteiger partial charge in [-0.3, -0.25) is 4.79 Å². The van der Waals surface area contributed by atoms with Gasteiger partial charge in [0.25, 0.3) is 5.91 Å². The fourth-order valence-corrected chi connectivity index (χ4v) is 3.79. The van der Waals surface area contributed by atoms with E-state index in [0.717, 1.165) is 31.5 Å². The van der Waals surface area contributed by atoms with Crippen molar-refractivity contribution in [2.75, 3.05) is 6.54 Å². The number of hydrogen-bond donors (Lipinski definition) is 1. The molecule has 1 aliphatic carbocycles. The number of carbonyl (C=O) groups is 1. The number of nitrogens with one attached hydrogen (secondary N) is 1. The van der Waals surface area contributed by atoms with E-state index in [0.29, 0.717) is 11.4 Å². The fourth-order valence-electron chi connectivity index (χ4n) is 3.79. The highest BCUT2D eigenvalue weighted by atomic mass is 16.2. The van der Waals surface area contributed by atoms with Gasteiger partial charge in [-0.1, -0.05) is 5.21 Å². The van der Waals surface area contributed by atoms with Crippen molar-refractivity contribution in [3.63, 3.8) is 0 Å². The van der Waals surface area contributed by atoms with Crippen LogP contribution in [0.2, 0.25) is 0 Å². The first-order valence-corrected chi connectivity index (χ1v) is 8.45. The molecule has 1 atom stereocenters. The third-order valence-corrected chi connectivity index (χ3v) is 5.32. The van der Waals surface area contributed by atoms with E-state index in [9.17, 15) is 4.79 Å². The summed E-state index contributed by atoms with van der Waals surface area (Å²) in [5.41, 5.74) is 1.88.